The summed E-state index contributed by atoms with van der Waals surface area (Å²) >= 11 is 3.42. The maximum absolute atomic E-state index is 12.6. The molecule has 2 N–H and O–H groups in total. The van der Waals surface area contributed by atoms with Crippen molar-refractivity contribution in [3.05, 3.63) is 28.7 Å². The van der Waals surface area contributed by atoms with Crippen molar-refractivity contribution in [3.63, 3.8) is 0 Å². The van der Waals surface area contributed by atoms with Crippen LogP contribution < -0.4 is 10.6 Å². The number of nitrogens with one attached hydrogen (secondary N) is 2. The molecule has 2 fully saturated rings. The second kappa shape index (κ2) is 7.33. The van der Waals surface area contributed by atoms with Crippen LogP contribution in [0, 0.1) is 11.3 Å². The summed E-state index contributed by atoms with van der Waals surface area (Å²) in [5.41, 5.74) is 1.08. The van der Waals surface area contributed by atoms with Crippen LogP contribution in [-0.2, 0) is 4.79 Å². The van der Waals surface area contributed by atoms with E-state index < -0.39 is 0 Å². The van der Waals surface area contributed by atoms with Gasteiger partial charge in [0.2, 0.25) is 5.91 Å². The van der Waals surface area contributed by atoms with Gasteiger partial charge < -0.3 is 15.5 Å². The Morgan fingerprint density at radius 2 is 2.13 bits per heavy atom. The normalized spacial score (nSPS) is 27.0. The third-order valence-corrected chi connectivity index (χ3v) is 5.15. The second-order valence-electron chi connectivity index (χ2n) is 6.20. The lowest BCUT2D eigenvalue weighted by atomic mass is 10.1. The van der Waals surface area contributed by atoms with E-state index in [1.54, 1.807) is 4.90 Å². The van der Waals surface area contributed by atoms with Crippen molar-refractivity contribution < 1.29 is 4.79 Å². The first-order valence-corrected chi connectivity index (χ1v) is 8.92. The van der Waals surface area contributed by atoms with Crippen LogP contribution >= 0.6 is 15.9 Å². The minimum atomic E-state index is -0.232. The predicted octanol–water partition coefficient (Wildman–Crippen LogP) is 2.50. The molecule has 0 saturated carbocycles. The molecular formula is C17H21BrN4O. The molecule has 3 unspecified atom stereocenters. The smallest absolute Gasteiger partial charge is 0.240 e. The Kier molecular flexibility index (Phi) is 5.19. The maximum Gasteiger partial charge on any atom is 0.240 e. The van der Waals surface area contributed by atoms with Gasteiger partial charge in [-0.1, -0.05) is 15.9 Å². The van der Waals surface area contributed by atoms with Crippen LogP contribution in [-0.4, -0.2) is 42.0 Å². The molecule has 5 nitrogen and oxygen atoms in total. The summed E-state index contributed by atoms with van der Waals surface area (Å²) < 4.78 is 1.06. The van der Waals surface area contributed by atoms with E-state index in [1.165, 1.54) is 0 Å². The van der Waals surface area contributed by atoms with Crippen LogP contribution in [0.2, 0.25) is 0 Å². The minimum Gasteiger partial charge on any atom is -0.383 e. The van der Waals surface area contributed by atoms with E-state index in [4.69, 9.17) is 5.26 Å². The van der Waals surface area contributed by atoms with Crippen molar-refractivity contribution >= 4 is 27.5 Å². The Morgan fingerprint density at radius 3 is 2.87 bits per heavy atom. The van der Waals surface area contributed by atoms with Crippen molar-refractivity contribution in [3.8, 4) is 6.07 Å². The Morgan fingerprint density at radius 1 is 1.35 bits per heavy atom. The van der Waals surface area contributed by atoms with Crippen LogP contribution in [0.15, 0.2) is 28.7 Å². The number of rotatable bonds is 4. The van der Waals surface area contributed by atoms with Gasteiger partial charge in [0.1, 0.15) is 6.04 Å². The summed E-state index contributed by atoms with van der Waals surface area (Å²) in [6, 6.07) is 10.2. The third kappa shape index (κ3) is 3.85. The molecule has 3 atom stereocenters. The highest BCUT2D eigenvalue weighted by molar-refractivity contribution is 9.10. The number of nitriles is 1. The van der Waals surface area contributed by atoms with Gasteiger partial charge in [0.05, 0.1) is 12.1 Å². The second-order valence-corrected chi connectivity index (χ2v) is 7.12. The molecule has 2 heterocycles. The Hall–Kier alpha value is -1.58. The highest BCUT2D eigenvalue weighted by Crippen LogP contribution is 2.22. The minimum absolute atomic E-state index is 0.0974. The van der Waals surface area contributed by atoms with Crippen molar-refractivity contribution in [2.24, 2.45) is 0 Å². The molecular weight excluding hydrogens is 356 g/mol. The van der Waals surface area contributed by atoms with E-state index in [9.17, 15) is 4.79 Å². The van der Waals surface area contributed by atoms with E-state index in [2.05, 4.69) is 32.6 Å². The van der Waals surface area contributed by atoms with E-state index in [-0.39, 0.29) is 24.0 Å². The highest BCUT2D eigenvalue weighted by atomic mass is 79.9. The number of benzene rings is 1. The number of amides is 1. The van der Waals surface area contributed by atoms with Gasteiger partial charge >= 0.3 is 0 Å². The molecule has 2 saturated heterocycles. The molecule has 0 bridgehead atoms. The predicted molar refractivity (Wildman–Crippen MR) is 92.9 cm³/mol. The molecule has 122 valence electrons. The SMILES string of the molecule is N#CC1CCCN1C(=O)C1CCC(CNc2ccc(Br)cc2)N1. The summed E-state index contributed by atoms with van der Waals surface area (Å²) in [5.74, 6) is 0.0974. The van der Waals surface area contributed by atoms with Gasteiger partial charge in [-0.2, -0.15) is 5.26 Å². The first-order valence-electron chi connectivity index (χ1n) is 8.13. The first kappa shape index (κ1) is 16.3. The molecule has 3 rings (SSSR count). The standard InChI is InChI=1S/C17H21BrN4O/c18-12-3-5-13(6-4-12)20-11-14-7-8-16(21-14)17(23)22-9-1-2-15(22)10-19/h3-6,14-16,20-21H,1-2,7-9,11H2. The maximum atomic E-state index is 12.6. The van der Waals surface area contributed by atoms with Gasteiger partial charge in [-0.15, -0.1) is 0 Å². The van der Waals surface area contributed by atoms with Gasteiger partial charge in [0.25, 0.3) is 0 Å². The van der Waals surface area contributed by atoms with Crippen LogP contribution in [0.3, 0.4) is 0 Å². The largest absolute Gasteiger partial charge is 0.383 e. The lowest BCUT2D eigenvalue weighted by Gasteiger charge is -2.24. The average molecular weight is 377 g/mol. The van der Waals surface area contributed by atoms with Gasteiger partial charge in [-0.25, -0.2) is 0 Å². The summed E-state index contributed by atoms with van der Waals surface area (Å²) in [5, 5.41) is 16.0. The van der Waals surface area contributed by atoms with E-state index in [0.29, 0.717) is 0 Å². The number of likely N-dealkylation sites (tertiary alicyclic amines) is 1. The van der Waals surface area contributed by atoms with Crippen molar-refractivity contribution in [2.45, 2.75) is 43.8 Å². The lowest BCUT2D eigenvalue weighted by molar-refractivity contribution is -0.133. The zero-order valence-corrected chi connectivity index (χ0v) is 14.6. The van der Waals surface area contributed by atoms with E-state index in [1.807, 2.05) is 24.3 Å². The van der Waals surface area contributed by atoms with Crippen LogP contribution in [0.1, 0.15) is 25.7 Å². The molecule has 0 spiro atoms. The lowest BCUT2D eigenvalue weighted by Crippen LogP contribution is -2.47. The Labute approximate surface area is 145 Å². The summed E-state index contributed by atoms with van der Waals surface area (Å²) in [6.45, 7) is 1.52. The number of nitrogens with zero attached hydrogens (tertiary/aromatic N) is 2. The first-order chi connectivity index (χ1) is 11.2. The van der Waals surface area contributed by atoms with Gasteiger partial charge in [0.15, 0.2) is 0 Å². The molecule has 1 amide bonds. The van der Waals surface area contributed by atoms with E-state index >= 15 is 0 Å². The van der Waals surface area contributed by atoms with Crippen molar-refractivity contribution in [2.75, 3.05) is 18.4 Å². The molecule has 1 aromatic carbocycles. The molecule has 1 aromatic rings. The summed E-state index contributed by atoms with van der Waals surface area (Å²) in [6.07, 6.45) is 3.57. The fraction of sp³-hybridized carbons (Fsp3) is 0.529. The van der Waals surface area contributed by atoms with Crippen LogP contribution in [0.5, 0.6) is 0 Å². The number of hydrogen-bond acceptors (Lipinski definition) is 4. The number of hydrogen-bond donors (Lipinski definition) is 2. The molecule has 6 heteroatoms. The zero-order chi connectivity index (χ0) is 16.2. The Bertz CT molecular complexity index is 598. The topological polar surface area (TPSA) is 68.2 Å². The van der Waals surface area contributed by atoms with Gasteiger partial charge in [-0.05, 0) is 49.9 Å². The van der Waals surface area contributed by atoms with Gasteiger partial charge in [-0.3, -0.25) is 4.79 Å². The monoisotopic (exact) mass is 376 g/mol. The third-order valence-electron chi connectivity index (χ3n) is 4.62. The zero-order valence-electron chi connectivity index (χ0n) is 13.0. The van der Waals surface area contributed by atoms with Crippen molar-refractivity contribution in [1.82, 2.24) is 10.2 Å². The quantitative estimate of drug-likeness (QED) is 0.846. The van der Waals surface area contributed by atoms with Gasteiger partial charge in [0, 0.05) is 29.3 Å². The molecule has 2 aliphatic heterocycles. The Balaban J connectivity index is 1.49. The molecule has 23 heavy (non-hydrogen) atoms. The fourth-order valence-corrected chi connectivity index (χ4v) is 3.61. The van der Waals surface area contributed by atoms with Crippen LogP contribution in [0.4, 0.5) is 5.69 Å². The summed E-state index contributed by atoms with van der Waals surface area (Å²) in [4.78, 5) is 14.3. The summed E-state index contributed by atoms with van der Waals surface area (Å²) in [7, 11) is 0. The molecule has 0 radical (unpaired) electrons. The average Bonchev–Trinajstić information content (AvgIpc) is 3.23. The number of carbonyl (C=O) groups is 1. The molecule has 0 aromatic heterocycles. The molecule has 2 aliphatic rings. The number of carbonyl (C=O) groups excluding carboxylic acids is 1. The number of anilines is 1. The highest BCUT2D eigenvalue weighted by Gasteiger charge is 2.36. The van der Waals surface area contributed by atoms with Crippen molar-refractivity contribution in [1.29, 1.82) is 5.26 Å². The number of halogens is 1. The fourth-order valence-electron chi connectivity index (χ4n) is 3.35. The van der Waals surface area contributed by atoms with E-state index in [0.717, 1.165) is 48.9 Å². The molecule has 0 aliphatic carbocycles. The van der Waals surface area contributed by atoms with Crippen LogP contribution in [0.25, 0.3) is 0 Å².